The number of carbonyl (C=O) groups excluding carboxylic acids is 1. The maximum absolute atomic E-state index is 12.1. The Kier molecular flexibility index (Phi) is 8.15. The summed E-state index contributed by atoms with van der Waals surface area (Å²) < 4.78 is 22.6. The molecule has 140 valence electrons. The zero-order chi connectivity index (χ0) is 18.8. The molecule has 2 aromatic rings. The molecule has 6 heteroatoms. The average Bonchev–Trinajstić information content (AvgIpc) is 2.68. The fourth-order valence-electron chi connectivity index (χ4n) is 2.52. The third-order valence-corrected chi connectivity index (χ3v) is 5.38. The molecule has 0 aliphatic heterocycles. The van der Waals surface area contributed by atoms with Crippen LogP contribution < -0.4 is 14.8 Å². The van der Waals surface area contributed by atoms with Crippen LogP contribution in [0.5, 0.6) is 11.5 Å². The van der Waals surface area contributed by atoms with Gasteiger partial charge in [0.1, 0.15) is 0 Å². The number of methoxy groups -OCH3 is 2. The number of ether oxygens (including phenoxy) is 2. The van der Waals surface area contributed by atoms with Gasteiger partial charge in [0, 0.05) is 23.6 Å². The number of hydrogen-bond donors (Lipinski definition) is 1. The van der Waals surface area contributed by atoms with Crippen LogP contribution in [0.4, 0.5) is 0 Å². The molecule has 0 fully saturated rings. The summed E-state index contributed by atoms with van der Waals surface area (Å²) in [5.74, 6) is 1.84. The quantitative estimate of drug-likeness (QED) is 0.693. The smallest absolute Gasteiger partial charge is 0.220 e. The summed E-state index contributed by atoms with van der Waals surface area (Å²) >= 11 is 0. The Hall–Kier alpha value is -2.34. The largest absolute Gasteiger partial charge is 0.493 e. The minimum absolute atomic E-state index is 0.0180. The number of rotatable bonds is 10. The second kappa shape index (κ2) is 10.6. The van der Waals surface area contributed by atoms with E-state index in [4.69, 9.17) is 9.47 Å². The van der Waals surface area contributed by atoms with Crippen LogP contribution in [0.25, 0.3) is 0 Å². The van der Waals surface area contributed by atoms with Gasteiger partial charge in [-0.1, -0.05) is 24.3 Å². The Balaban J connectivity index is 1.68. The molecule has 2 rings (SSSR count). The molecule has 26 heavy (non-hydrogen) atoms. The second-order valence-corrected chi connectivity index (χ2v) is 7.33. The predicted molar refractivity (Wildman–Crippen MR) is 103 cm³/mol. The Bertz CT molecular complexity index is 734. The van der Waals surface area contributed by atoms with Crippen molar-refractivity contribution in [2.75, 3.05) is 26.5 Å². The van der Waals surface area contributed by atoms with Crippen molar-refractivity contribution in [3.8, 4) is 11.5 Å². The van der Waals surface area contributed by atoms with Crippen LogP contribution in [-0.4, -0.2) is 36.6 Å². The van der Waals surface area contributed by atoms with Crippen molar-refractivity contribution < 1.29 is 18.5 Å². The van der Waals surface area contributed by atoms with Crippen LogP contribution >= 0.6 is 0 Å². The zero-order valence-electron chi connectivity index (χ0n) is 15.2. The summed E-state index contributed by atoms with van der Waals surface area (Å²) in [6.45, 7) is 0.552. The molecule has 0 aliphatic rings. The molecule has 0 radical (unpaired) electrons. The molecule has 0 spiro atoms. The van der Waals surface area contributed by atoms with Crippen LogP contribution in [0.1, 0.15) is 18.4 Å². The van der Waals surface area contributed by atoms with Crippen LogP contribution in [0.15, 0.2) is 53.4 Å². The topological polar surface area (TPSA) is 64.6 Å². The number of hydrogen-bond acceptors (Lipinski definition) is 4. The van der Waals surface area contributed by atoms with Gasteiger partial charge in [0.15, 0.2) is 11.5 Å². The lowest BCUT2D eigenvalue weighted by molar-refractivity contribution is -0.121. The maximum atomic E-state index is 12.1. The molecule has 5 nitrogen and oxygen atoms in total. The normalized spacial score (nSPS) is 11.6. The van der Waals surface area contributed by atoms with Gasteiger partial charge in [-0.2, -0.15) is 0 Å². The third kappa shape index (κ3) is 6.19. The van der Waals surface area contributed by atoms with Crippen molar-refractivity contribution in [3.63, 3.8) is 0 Å². The highest BCUT2D eigenvalue weighted by molar-refractivity contribution is 7.85. The molecule has 0 heterocycles. The van der Waals surface area contributed by atoms with Crippen molar-refractivity contribution in [2.24, 2.45) is 0 Å². The van der Waals surface area contributed by atoms with E-state index in [0.717, 1.165) is 10.5 Å². The molecule has 0 aliphatic carbocycles. The number of benzene rings is 2. The van der Waals surface area contributed by atoms with Gasteiger partial charge < -0.3 is 14.8 Å². The van der Waals surface area contributed by atoms with Crippen molar-refractivity contribution in [2.45, 2.75) is 24.2 Å². The summed E-state index contributed by atoms with van der Waals surface area (Å²) in [6, 6.07) is 15.0. The van der Waals surface area contributed by atoms with E-state index in [0.29, 0.717) is 43.1 Å². The van der Waals surface area contributed by atoms with Crippen molar-refractivity contribution >= 4 is 16.7 Å². The molecule has 0 saturated carbocycles. The minimum atomic E-state index is -1.05. The van der Waals surface area contributed by atoms with Gasteiger partial charge in [-0.05, 0) is 42.7 Å². The van der Waals surface area contributed by atoms with E-state index in [9.17, 15) is 9.00 Å². The molecular weight excluding hydrogens is 350 g/mol. The molecule has 1 atom stereocenters. The molecule has 1 unspecified atom stereocenters. The van der Waals surface area contributed by atoms with Gasteiger partial charge in [-0.25, -0.2) is 0 Å². The molecule has 2 aromatic carbocycles. The molecule has 1 N–H and O–H groups in total. The SMILES string of the molecule is COc1ccc(CCNC(=O)CCCS(=O)c2ccccc2)cc1OC. The lowest BCUT2D eigenvalue weighted by Crippen LogP contribution is -2.25. The molecule has 0 bridgehead atoms. The first-order chi connectivity index (χ1) is 12.6. The average molecular weight is 375 g/mol. The van der Waals surface area contributed by atoms with E-state index < -0.39 is 10.8 Å². The number of nitrogens with one attached hydrogen (secondary N) is 1. The fourth-order valence-corrected chi connectivity index (χ4v) is 3.63. The van der Waals surface area contributed by atoms with Gasteiger partial charge in [0.05, 0.1) is 25.0 Å². The van der Waals surface area contributed by atoms with Crippen LogP contribution in [-0.2, 0) is 22.0 Å². The first-order valence-electron chi connectivity index (χ1n) is 8.55. The first kappa shape index (κ1) is 20.0. The zero-order valence-corrected chi connectivity index (χ0v) is 16.0. The summed E-state index contributed by atoms with van der Waals surface area (Å²) in [7, 11) is 2.15. The van der Waals surface area contributed by atoms with Crippen molar-refractivity contribution in [1.82, 2.24) is 5.32 Å². The summed E-state index contributed by atoms with van der Waals surface area (Å²) in [6.07, 6.45) is 1.69. The van der Waals surface area contributed by atoms with E-state index in [1.807, 2.05) is 48.5 Å². The van der Waals surface area contributed by atoms with Crippen LogP contribution in [0.2, 0.25) is 0 Å². The lowest BCUT2D eigenvalue weighted by atomic mass is 10.1. The lowest BCUT2D eigenvalue weighted by Gasteiger charge is -2.10. The van der Waals surface area contributed by atoms with Crippen molar-refractivity contribution in [1.29, 1.82) is 0 Å². The van der Waals surface area contributed by atoms with Gasteiger partial charge in [0.2, 0.25) is 5.91 Å². The van der Waals surface area contributed by atoms with E-state index in [-0.39, 0.29) is 5.91 Å². The van der Waals surface area contributed by atoms with Gasteiger partial charge in [-0.15, -0.1) is 0 Å². The highest BCUT2D eigenvalue weighted by Crippen LogP contribution is 2.27. The summed E-state index contributed by atoms with van der Waals surface area (Å²) in [5.41, 5.74) is 1.06. The Labute approximate surface area is 157 Å². The molecule has 0 aromatic heterocycles. The highest BCUT2D eigenvalue weighted by Gasteiger charge is 2.07. The fraction of sp³-hybridized carbons (Fsp3) is 0.350. The first-order valence-corrected chi connectivity index (χ1v) is 9.87. The van der Waals surface area contributed by atoms with E-state index in [1.165, 1.54) is 0 Å². The monoisotopic (exact) mass is 375 g/mol. The summed E-state index contributed by atoms with van der Waals surface area (Å²) in [5, 5.41) is 2.90. The Morgan fingerprint density at radius 3 is 2.46 bits per heavy atom. The van der Waals surface area contributed by atoms with E-state index >= 15 is 0 Å². The van der Waals surface area contributed by atoms with Gasteiger partial charge in [-0.3, -0.25) is 9.00 Å². The van der Waals surface area contributed by atoms with Crippen LogP contribution in [0.3, 0.4) is 0 Å². The number of carbonyl (C=O) groups is 1. The Morgan fingerprint density at radius 2 is 1.77 bits per heavy atom. The molecule has 0 saturated heterocycles. The second-order valence-electron chi connectivity index (χ2n) is 5.76. The predicted octanol–water partition coefficient (Wildman–Crippen LogP) is 2.95. The maximum Gasteiger partial charge on any atom is 0.220 e. The van der Waals surface area contributed by atoms with Crippen molar-refractivity contribution in [3.05, 3.63) is 54.1 Å². The van der Waals surface area contributed by atoms with Crippen LogP contribution in [0, 0.1) is 0 Å². The molecule has 1 amide bonds. The standard InChI is InChI=1S/C20H25NO4S/c1-24-18-11-10-16(15-19(18)25-2)12-13-21-20(22)9-6-14-26(23)17-7-4-3-5-8-17/h3-5,7-8,10-11,15H,6,9,12-14H2,1-2H3,(H,21,22). The third-order valence-electron chi connectivity index (χ3n) is 3.92. The van der Waals surface area contributed by atoms with E-state index in [1.54, 1.807) is 14.2 Å². The highest BCUT2D eigenvalue weighted by atomic mass is 32.2. The summed E-state index contributed by atoms with van der Waals surface area (Å²) in [4.78, 5) is 12.7. The van der Waals surface area contributed by atoms with Gasteiger partial charge >= 0.3 is 0 Å². The number of amides is 1. The Morgan fingerprint density at radius 1 is 1.04 bits per heavy atom. The van der Waals surface area contributed by atoms with Gasteiger partial charge in [0.25, 0.3) is 0 Å². The molecular formula is C20H25NO4S. The van der Waals surface area contributed by atoms with E-state index in [2.05, 4.69) is 5.32 Å². The minimum Gasteiger partial charge on any atom is -0.493 e.